The largest absolute Gasteiger partial charge is 0.478 e. The number of halogens is 1. The molecule has 0 saturated carbocycles. The number of hydrogen-bond acceptors (Lipinski definition) is 5. The lowest BCUT2D eigenvalue weighted by Gasteiger charge is -2.09. The van der Waals surface area contributed by atoms with E-state index in [1.54, 1.807) is 0 Å². The third kappa shape index (κ3) is 2.92. The van der Waals surface area contributed by atoms with Gasteiger partial charge in [-0.05, 0) is 30.3 Å². The minimum Gasteiger partial charge on any atom is -0.478 e. The summed E-state index contributed by atoms with van der Waals surface area (Å²) in [6, 6.07) is 2.38. The number of nitrogens with one attached hydrogen (secondary N) is 1. The lowest BCUT2D eigenvalue weighted by atomic mass is 10.2. The molecule has 0 aliphatic heterocycles. The summed E-state index contributed by atoms with van der Waals surface area (Å²) in [4.78, 5) is 23.1. The van der Waals surface area contributed by atoms with Crippen LogP contribution in [0.25, 0.3) is 0 Å². The molecular weight excluding hydrogens is 299 g/mol. The van der Waals surface area contributed by atoms with Crippen molar-refractivity contribution in [3.63, 3.8) is 0 Å². The lowest BCUT2D eigenvalue weighted by Crippen LogP contribution is -2.17. The summed E-state index contributed by atoms with van der Waals surface area (Å²) < 4.78 is 14.8. The summed E-state index contributed by atoms with van der Waals surface area (Å²) in [5.74, 6) is -2.14. The van der Waals surface area contributed by atoms with Gasteiger partial charge >= 0.3 is 11.7 Å². The molecule has 0 spiro atoms. The van der Waals surface area contributed by atoms with Crippen molar-refractivity contribution in [2.75, 3.05) is 5.73 Å². The second-order valence-electron chi connectivity index (χ2n) is 4.20. The number of carboxylic acids is 1. The standard InChI is InChI=1S/C12H13FN4O3S/c1-2-5-17-11(20)15-16-12(17)21-7-4-3-6(13)9(14)8(7)10(18)19/h3-4H,2,5,14H2,1H3,(H,15,20)(H,18,19). The van der Waals surface area contributed by atoms with E-state index < -0.39 is 17.5 Å². The van der Waals surface area contributed by atoms with E-state index in [2.05, 4.69) is 10.2 Å². The minimum absolute atomic E-state index is 0.220. The number of aromatic amines is 1. The number of carboxylic acid groups (broad SMARTS) is 1. The maximum Gasteiger partial charge on any atom is 0.343 e. The highest BCUT2D eigenvalue weighted by Crippen LogP contribution is 2.32. The molecule has 1 aromatic heterocycles. The van der Waals surface area contributed by atoms with Crippen molar-refractivity contribution in [3.05, 3.63) is 34.0 Å². The molecule has 9 heteroatoms. The van der Waals surface area contributed by atoms with Gasteiger partial charge in [-0.1, -0.05) is 6.92 Å². The summed E-state index contributed by atoms with van der Waals surface area (Å²) in [5, 5.41) is 15.6. The average Bonchev–Trinajstić information content (AvgIpc) is 2.76. The predicted octanol–water partition coefficient (Wildman–Crippen LogP) is 1.55. The number of H-pyrrole nitrogens is 1. The molecule has 0 unspecified atom stereocenters. The van der Waals surface area contributed by atoms with E-state index in [0.29, 0.717) is 18.1 Å². The van der Waals surface area contributed by atoms with Crippen molar-refractivity contribution in [2.45, 2.75) is 29.9 Å². The Morgan fingerprint density at radius 2 is 2.29 bits per heavy atom. The van der Waals surface area contributed by atoms with Crippen LogP contribution in [0.15, 0.2) is 27.0 Å². The molecule has 0 radical (unpaired) electrons. The van der Waals surface area contributed by atoms with Crippen molar-refractivity contribution in [2.24, 2.45) is 0 Å². The van der Waals surface area contributed by atoms with Crippen LogP contribution in [-0.4, -0.2) is 25.8 Å². The van der Waals surface area contributed by atoms with Gasteiger partial charge in [0.15, 0.2) is 5.16 Å². The van der Waals surface area contributed by atoms with Gasteiger partial charge < -0.3 is 10.8 Å². The monoisotopic (exact) mass is 312 g/mol. The van der Waals surface area contributed by atoms with Crippen LogP contribution in [-0.2, 0) is 6.54 Å². The summed E-state index contributed by atoms with van der Waals surface area (Å²) in [6.07, 6.45) is 0.713. The molecule has 4 N–H and O–H groups in total. The zero-order valence-corrected chi connectivity index (χ0v) is 11.9. The third-order valence-electron chi connectivity index (χ3n) is 2.74. The third-order valence-corrected chi connectivity index (χ3v) is 3.79. The molecule has 0 aliphatic carbocycles. The molecule has 0 atom stereocenters. The number of aromatic carboxylic acids is 1. The number of aromatic nitrogens is 3. The molecule has 21 heavy (non-hydrogen) atoms. The van der Waals surface area contributed by atoms with Gasteiger partial charge in [0.25, 0.3) is 0 Å². The molecular formula is C12H13FN4O3S. The molecule has 1 aromatic carbocycles. The molecule has 0 saturated heterocycles. The second kappa shape index (κ2) is 6.00. The minimum atomic E-state index is -1.34. The van der Waals surface area contributed by atoms with Crippen LogP contribution in [0, 0.1) is 5.82 Å². The van der Waals surface area contributed by atoms with Gasteiger partial charge in [-0.3, -0.25) is 4.57 Å². The van der Waals surface area contributed by atoms with Crippen LogP contribution in [0.3, 0.4) is 0 Å². The Hall–Kier alpha value is -2.29. The Morgan fingerprint density at radius 3 is 2.90 bits per heavy atom. The Morgan fingerprint density at radius 1 is 1.57 bits per heavy atom. The number of nitrogens with two attached hydrogens (primary N) is 1. The van der Waals surface area contributed by atoms with E-state index in [0.717, 1.165) is 17.8 Å². The topological polar surface area (TPSA) is 114 Å². The number of rotatable bonds is 5. The molecule has 2 rings (SSSR count). The van der Waals surface area contributed by atoms with Crippen molar-refractivity contribution in [1.82, 2.24) is 14.8 Å². The van der Waals surface area contributed by atoms with Crippen molar-refractivity contribution >= 4 is 23.4 Å². The first-order valence-corrected chi connectivity index (χ1v) is 6.91. The second-order valence-corrected chi connectivity index (χ2v) is 5.21. The lowest BCUT2D eigenvalue weighted by molar-refractivity contribution is 0.0694. The van der Waals surface area contributed by atoms with Crippen LogP contribution in [0.2, 0.25) is 0 Å². The number of carbonyl (C=O) groups is 1. The van der Waals surface area contributed by atoms with Gasteiger partial charge in [-0.2, -0.15) is 0 Å². The normalized spacial score (nSPS) is 10.8. The maximum atomic E-state index is 13.4. The zero-order chi connectivity index (χ0) is 15.6. The van der Waals surface area contributed by atoms with Crippen molar-refractivity contribution < 1.29 is 14.3 Å². The fourth-order valence-corrected chi connectivity index (χ4v) is 2.79. The van der Waals surface area contributed by atoms with Gasteiger partial charge in [0.1, 0.15) is 5.82 Å². The van der Waals surface area contributed by atoms with Crippen molar-refractivity contribution in [3.8, 4) is 0 Å². The fraction of sp³-hybridized carbons (Fsp3) is 0.250. The van der Waals surface area contributed by atoms with Crippen LogP contribution in [0.5, 0.6) is 0 Å². The maximum absolute atomic E-state index is 13.4. The Bertz CT molecular complexity index is 741. The molecule has 0 bridgehead atoms. The smallest absolute Gasteiger partial charge is 0.343 e. The van der Waals surface area contributed by atoms with Gasteiger partial charge in [0.05, 0.1) is 11.3 Å². The van der Waals surface area contributed by atoms with Gasteiger partial charge in [-0.25, -0.2) is 19.1 Å². The number of nitrogens with zero attached hydrogens (tertiary/aromatic N) is 2. The van der Waals surface area contributed by atoms with E-state index in [1.807, 2.05) is 6.92 Å². The Labute approximate surface area is 123 Å². The van der Waals surface area contributed by atoms with Gasteiger partial charge in [-0.15, -0.1) is 5.10 Å². The van der Waals surface area contributed by atoms with Crippen LogP contribution >= 0.6 is 11.8 Å². The van der Waals surface area contributed by atoms with Crippen LogP contribution in [0.1, 0.15) is 23.7 Å². The average molecular weight is 312 g/mol. The SMILES string of the molecule is CCCn1c(Sc2ccc(F)c(N)c2C(=O)O)n[nH]c1=O. The van der Waals surface area contributed by atoms with Crippen LogP contribution in [0.4, 0.5) is 10.1 Å². The molecule has 7 nitrogen and oxygen atoms in total. The first-order valence-electron chi connectivity index (χ1n) is 6.10. The van der Waals surface area contributed by atoms with Crippen LogP contribution < -0.4 is 11.4 Å². The summed E-state index contributed by atoms with van der Waals surface area (Å²) in [5.41, 5.74) is 4.32. The first-order chi connectivity index (χ1) is 9.95. The van der Waals surface area contributed by atoms with Crippen molar-refractivity contribution in [1.29, 1.82) is 0 Å². The Balaban J connectivity index is 2.48. The quantitative estimate of drug-likeness (QED) is 0.722. The fourth-order valence-electron chi connectivity index (χ4n) is 1.78. The molecule has 0 aliphatic rings. The van der Waals surface area contributed by atoms with Gasteiger partial charge in [0.2, 0.25) is 0 Å². The highest BCUT2D eigenvalue weighted by molar-refractivity contribution is 7.99. The van der Waals surface area contributed by atoms with Gasteiger partial charge in [0, 0.05) is 11.4 Å². The number of nitrogen functional groups attached to an aromatic ring is 1. The molecule has 0 amide bonds. The van der Waals surface area contributed by atoms with E-state index in [1.165, 1.54) is 10.6 Å². The number of hydrogen-bond donors (Lipinski definition) is 3. The number of benzene rings is 1. The first kappa shape index (κ1) is 15.1. The Kier molecular flexibility index (Phi) is 4.32. The molecule has 112 valence electrons. The number of anilines is 1. The van der Waals surface area contributed by atoms with E-state index >= 15 is 0 Å². The van der Waals surface area contributed by atoms with E-state index in [4.69, 9.17) is 5.73 Å². The predicted molar refractivity (Wildman–Crippen MR) is 75.0 cm³/mol. The summed E-state index contributed by atoms with van der Waals surface area (Å²) >= 11 is 0.946. The summed E-state index contributed by atoms with van der Waals surface area (Å²) in [7, 11) is 0. The van der Waals surface area contributed by atoms with E-state index in [-0.39, 0.29) is 16.1 Å². The summed E-state index contributed by atoms with van der Waals surface area (Å²) in [6.45, 7) is 2.34. The molecule has 0 fully saturated rings. The molecule has 1 heterocycles. The van der Waals surface area contributed by atoms with E-state index in [9.17, 15) is 19.1 Å². The highest BCUT2D eigenvalue weighted by atomic mass is 32.2. The zero-order valence-electron chi connectivity index (χ0n) is 11.1. The highest BCUT2D eigenvalue weighted by Gasteiger charge is 2.20. The molecule has 2 aromatic rings.